The van der Waals surface area contributed by atoms with Crippen LogP contribution >= 0.6 is 0 Å². The number of aromatic nitrogens is 1. The zero-order chi connectivity index (χ0) is 39.6. The number of pyridine rings is 1. The first kappa shape index (κ1) is 46.8. The molecule has 1 aromatic heterocycles. The maximum absolute atomic E-state index is 12.8. The van der Waals surface area contributed by atoms with Crippen molar-refractivity contribution >= 4 is 23.9 Å². The van der Waals surface area contributed by atoms with Gasteiger partial charge >= 0.3 is 5.97 Å². The second-order valence-corrected chi connectivity index (χ2v) is 13.5. The summed E-state index contributed by atoms with van der Waals surface area (Å²) in [4.78, 5) is 44.9. The second kappa shape index (κ2) is 31.9. The fraction of sp³-hybridized carbons (Fsp3) is 0.511. The third kappa shape index (κ3) is 24.6. The van der Waals surface area contributed by atoms with Crippen LogP contribution in [0.4, 0.5) is 0 Å². The van der Waals surface area contributed by atoms with Crippen LogP contribution in [-0.4, -0.2) is 89.4 Å². The highest BCUT2D eigenvalue weighted by Crippen LogP contribution is 2.10. The maximum Gasteiger partial charge on any atom is 0.329 e. The molecule has 302 valence electrons. The molecular weight excluding hydrogens is 693 g/mol. The summed E-state index contributed by atoms with van der Waals surface area (Å²) in [5, 5.41) is 24.3. The van der Waals surface area contributed by atoms with E-state index < -0.39 is 31.3 Å². The van der Waals surface area contributed by atoms with Gasteiger partial charge in [-0.2, -0.15) is 0 Å². The Balaban J connectivity index is 1.63. The minimum absolute atomic E-state index is 0.0370. The van der Waals surface area contributed by atoms with Crippen LogP contribution in [0.25, 0.3) is 6.08 Å². The number of hydrogen-bond donors (Lipinski definition) is 4. The molecule has 10 heteroatoms. The molecule has 0 saturated carbocycles. The summed E-state index contributed by atoms with van der Waals surface area (Å²) in [5.41, 5.74) is 1.91. The predicted octanol–water partition coefficient (Wildman–Crippen LogP) is 6.88. The number of likely N-dealkylation sites (tertiary alicyclic amines) is 1. The molecule has 2 heterocycles. The van der Waals surface area contributed by atoms with Gasteiger partial charge in [0.1, 0.15) is 12.1 Å². The van der Waals surface area contributed by atoms with Crippen molar-refractivity contribution in [2.45, 2.75) is 109 Å². The molecule has 0 unspecified atom stereocenters. The minimum Gasteiger partial charge on any atom is -0.456 e. The molecule has 1 atom stereocenters. The molecule has 1 aliphatic heterocycles. The van der Waals surface area contributed by atoms with Crippen molar-refractivity contribution in [3.63, 3.8) is 0 Å². The third-order valence-electron chi connectivity index (χ3n) is 8.78. The summed E-state index contributed by atoms with van der Waals surface area (Å²) in [6.45, 7) is 4.73. The molecule has 1 aliphatic rings. The summed E-state index contributed by atoms with van der Waals surface area (Å²) in [6.07, 6.45) is 40.8. The average Bonchev–Trinajstić information content (AvgIpc) is 3.72. The van der Waals surface area contributed by atoms with Gasteiger partial charge in [0.25, 0.3) is 0 Å². The highest BCUT2D eigenvalue weighted by molar-refractivity contribution is 5.85. The predicted molar refractivity (Wildman–Crippen MR) is 223 cm³/mol. The number of allylic oxidation sites excluding steroid dienone is 12. The zero-order valence-electron chi connectivity index (χ0n) is 33.0. The van der Waals surface area contributed by atoms with Gasteiger partial charge in [0.2, 0.25) is 11.8 Å². The van der Waals surface area contributed by atoms with E-state index in [1.165, 1.54) is 12.8 Å². The van der Waals surface area contributed by atoms with Crippen LogP contribution in [0.15, 0.2) is 97.3 Å². The Kier molecular flexibility index (Phi) is 27.1. The maximum atomic E-state index is 12.8. The van der Waals surface area contributed by atoms with Gasteiger partial charge < -0.3 is 30.5 Å². The van der Waals surface area contributed by atoms with Crippen LogP contribution in [0.3, 0.4) is 0 Å². The lowest BCUT2D eigenvalue weighted by Gasteiger charge is -2.20. The van der Waals surface area contributed by atoms with Gasteiger partial charge in [-0.25, -0.2) is 4.79 Å². The molecule has 4 N–H and O–H groups in total. The van der Waals surface area contributed by atoms with E-state index >= 15 is 0 Å². The average molecular weight is 759 g/mol. The number of amides is 2. The molecule has 2 amide bonds. The molecule has 55 heavy (non-hydrogen) atoms. The van der Waals surface area contributed by atoms with Gasteiger partial charge in [0, 0.05) is 44.2 Å². The minimum atomic E-state index is -1.08. The summed E-state index contributed by atoms with van der Waals surface area (Å²) < 4.78 is 5.18. The number of aliphatic hydroxyl groups excluding tert-OH is 2. The molecule has 1 fully saturated rings. The number of hydrogen-bond acceptors (Lipinski definition) is 8. The molecule has 0 radical (unpaired) electrons. The lowest BCUT2D eigenvalue weighted by atomic mass is 10.1. The SMILES string of the molecule is CCC=CCC=CCC=CCC=CCC=CCC=CCCC(=O)NCCC[C@H](NC(=O)CC=Cc1ccc(CCN2CCCC2)nc1)C(=O)OC(CO)CO. The van der Waals surface area contributed by atoms with Crippen LogP contribution in [0.2, 0.25) is 0 Å². The fourth-order valence-electron chi connectivity index (χ4n) is 5.62. The molecule has 10 nitrogen and oxygen atoms in total. The van der Waals surface area contributed by atoms with E-state index in [0.717, 1.165) is 75.8 Å². The van der Waals surface area contributed by atoms with Crippen molar-refractivity contribution in [3.8, 4) is 0 Å². The Hall–Kier alpha value is -4.38. The van der Waals surface area contributed by atoms with E-state index in [1.807, 2.05) is 30.4 Å². The number of rotatable bonds is 29. The van der Waals surface area contributed by atoms with Gasteiger partial charge in [-0.1, -0.05) is 98.1 Å². The van der Waals surface area contributed by atoms with Crippen molar-refractivity contribution in [1.82, 2.24) is 20.5 Å². The fourth-order valence-corrected chi connectivity index (χ4v) is 5.62. The van der Waals surface area contributed by atoms with Crippen LogP contribution in [0, 0.1) is 0 Å². The van der Waals surface area contributed by atoms with Crippen molar-refractivity contribution < 1.29 is 29.3 Å². The van der Waals surface area contributed by atoms with E-state index in [0.29, 0.717) is 25.8 Å². The van der Waals surface area contributed by atoms with Gasteiger partial charge in [-0.15, -0.1) is 0 Å². The number of ether oxygens (including phenoxy) is 1. The van der Waals surface area contributed by atoms with Gasteiger partial charge in [-0.05, 0) is 95.3 Å². The highest BCUT2D eigenvalue weighted by atomic mass is 16.6. The first-order valence-corrected chi connectivity index (χ1v) is 20.2. The largest absolute Gasteiger partial charge is 0.456 e. The molecule has 2 rings (SSSR count). The molecule has 0 bridgehead atoms. The second-order valence-electron chi connectivity index (χ2n) is 13.5. The van der Waals surface area contributed by atoms with E-state index in [2.05, 4.69) is 88.2 Å². The summed E-state index contributed by atoms with van der Waals surface area (Å²) >= 11 is 0. The van der Waals surface area contributed by atoms with Crippen LogP contribution in [0.1, 0.15) is 102 Å². The number of aliphatic hydroxyl groups is 2. The highest BCUT2D eigenvalue weighted by Gasteiger charge is 2.24. The number of nitrogens with one attached hydrogen (secondary N) is 2. The van der Waals surface area contributed by atoms with E-state index in [-0.39, 0.29) is 24.7 Å². The lowest BCUT2D eigenvalue weighted by Crippen LogP contribution is -2.44. The van der Waals surface area contributed by atoms with Crippen molar-refractivity contribution in [1.29, 1.82) is 0 Å². The lowest BCUT2D eigenvalue weighted by molar-refractivity contribution is -0.157. The Bertz CT molecular complexity index is 1400. The number of carbonyl (C=O) groups is 3. The molecule has 0 aliphatic carbocycles. The molecular formula is C45H66N4O6. The topological polar surface area (TPSA) is 141 Å². The van der Waals surface area contributed by atoms with Gasteiger partial charge in [0.05, 0.1) is 13.2 Å². The smallest absolute Gasteiger partial charge is 0.329 e. The van der Waals surface area contributed by atoms with Crippen LogP contribution < -0.4 is 10.6 Å². The number of nitrogens with zero attached hydrogens (tertiary/aromatic N) is 2. The molecule has 1 saturated heterocycles. The first-order valence-electron chi connectivity index (χ1n) is 20.2. The van der Waals surface area contributed by atoms with E-state index in [9.17, 15) is 24.6 Å². The number of carbonyl (C=O) groups excluding carboxylic acids is 3. The molecule has 1 aromatic rings. The Morgan fingerprint density at radius 3 is 1.98 bits per heavy atom. The summed E-state index contributed by atoms with van der Waals surface area (Å²) in [5.74, 6) is -1.22. The van der Waals surface area contributed by atoms with E-state index in [4.69, 9.17) is 4.74 Å². The first-order chi connectivity index (χ1) is 26.9. The summed E-state index contributed by atoms with van der Waals surface area (Å²) in [7, 11) is 0. The van der Waals surface area contributed by atoms with Gasteiger partial charge in [-0.3, -0.25) is 14.6 Å². The third-order valence-corrected chi connectivity index (χ3v) is 8.78. The van der Waals surface area contributed by atoms with Crippen molar-refractivity contribution in [2.24, 2.45) is 0 Å². The van der Waals surface area contributed by atoms with Crippen LogP contribution in [0.5, 0.6) is 0 Å². The zero-order valence-corrected chi connectivity index (χ0v) is 33.0. The Labute approximate surface area is 329 Å². The summed E-state index contributed by atoms with van der Waals surface area (Å²) in [6, 6.07) is 2.99. The van der Waals surface area contributed by atoms with E-state index in [1.54, 1.807) is 12.3 Å². The van der Waals surface area contributed by atoms with Crippen molar-refractivity contribution in [2.75, 3.05) is 39.4 Å². The van der Waals surface area contributed by atoms with Gasteiger partial charge in [0.15, 0.2) is 0 Å². The normalized spacial score (nSPS) is 14.7. The van der Waals surface area contributed by atoms with Crippen molar-refractivity contribution in [3.05, 3.63) is 109 Å². The standard InChI is InChI=1S/C45H66N4O6/c1-2-3-4-5-6-7-8-9-10-11-12-13-14-15-16-17-18-19-20-27-43(52)46-32-24-26-42(45(54)55-41(37-50)38-51)48-44(53)28-23-25-39-29-30-40(47-36-39)31-35-49-33-21-22-34-49/h3-4,6-7,9-10,12-13,15-16,18-19,23,25,29-30,36,41-42,50-51H,2,5,8,11,14,17,20-22,24,26-28,31-35,37-38H2,1H3,(H,46,52)(H,48,53)/t42-/m0/s1. The Morgan fingerprint density at radius 1 is 0.818 bits per heavy atom. The monoisotopic (exact) mass is 758 g/mol. The molecule has 0 aromatic carbocycles. The molecule has 0 spiro atoms. The number of esters is 1. The Morgan fingerprint density at radius 2 is 1.42 bits per heavy atom. The quantitative estimate of drug-likeness (QED) is 0.0394. The van der Waals surface area contributed by atoms with Crippen LogP contribution in [-0.2, 0) is 25.5 Å².